The van der Waals surface area contributed by atoms with Gasteiger partial charge in [-0.15, -0.1) is 0 Å². The number of carbonyl (C=O) groups is 3. The third kappa shape index (κ3) is 3.66. The molecule has 5 rings (SSSR count). The quantitative estimate of drug-likeness (QED) is 0.453. The van der Waals surface area contributed by atoms with Crippen molar-refractivity contribution in [3.05, 3.63) is 42.5 Å². The van der Waals surface area contributed by atoms with Gasteiger partial charge < -0.3 is 25.4 Å². The number of aliphatic hydroxyl groups is 1. The average molecular weight is 558 g/mol. The highest BCUT2D eigenvalue weighted by Gasteiger charge is 2.77. The minimum absolute atomic E-state index is 0.0550. The van der Waals surface area contributed by atoms with Gasteiger partial charge in [0, 0.05) is 17.6 Å². The van der Waals surface area contributed by atoms with Gasteiger partial charge >= 0.3 is 0 Å². The first-order valence-corrected chi connectivity index (χ1v) is 13.4. The second kappa shape index (κ2) is 9.43. The van der Waals surface area contributed by atoms with E-state index in [1.807, 2.05) is 56.3 Å². The number of hydrogen-bond acceptors (Lipinski definition) is 5. The van der Waals surface area contributed by atoms with E-state index in [0.29, 0.717) is 12.1 Å². The number of likely N-dealkylation sites (tertiary alicyclic amines) is 1. The zero-order chi connectivity index (χ0) is 25.8. The number of alkyl halides is 1. The number of ether oxygens (including phenoxy) is 1. The molecular formula is C27H32BrN3O5. The van der Waals surface area contributed by atoms with Gasteiger partial charge in [0.1, 0.15) is 11.6 Å². The maximum Gasteiger partial charge on any atom is 0.250 e. The summed E-state index contributed by atoms with van der Waals surface area (Å²) in [5, 5.41) is 18.1. The molecule has 0 aliphatic carbocycles. The molecule has 192 valence electrons. The first kappa shape index (κ1) is 25.2. The summed E-state index contributed by atoms with van der Waals surface area (Å²) in [6, 6.07) is 12.0. The van der Waals surface area contributed by atoms with Crippen molar-refractivity contribution < 1.29 is 24.2 Å². The Morgan fingerprint density at radius 2 is 1.94 bits per heavy atom. The summed E-state index contributed by atoms with van der Waals surface area (Å²) in [6.45, 7) is 3.66. The van der Waals surface area contributed by atoms with Crippen LogP contribution in [0.3, 0.4) is 0 Å². The van der Waals surface area contributed by atoms with Crippen LogP contribution in [0.2, 0.25) is 0 Å². The highest BCUT2D eigenvalue weighted by atomic mass is 79.9. The second-order valence-corrected chi connectivity index (χ2v) is 11.4. The van der Waals surface area contributed by atoms with E-state index in [-0.39, 0.29) is 35.1 Å². The monoisotopic (exact) mass is 557 g/mol. The van der Waals surface area contributed by atoms with Crippen LogP contribution in [0.1, 0.15) is 26.7 Å². The smallest absolute Gasteiger partial charge is 0.250 e. The molecule has 3 heterocycles. The van der Waals surface area contributed by atoms with Gasteiger partial charge in [-0.3, -0.25) is 14.4 Å². The Bertz CT molecular complexity index is 1210. The number of amides is 3. The summed E-state index contributed by atoms with van der Waals surface area (Å²) in [7, 11) is 1.54. The van der Waals surface area contributed by atoms with Crippen molar-refractivity contribution in [2.75, 3.05) is 19.0 Å². The molecule has 3 saturated heterocycles. The lowest BCUT2D eigenvalue weighted by atomic mass is 9.70. The number of nitrogens with one attached hydrogen (secondary N) is 2. The Labute approximate surface area is 218 Å². The van der Waals surface area contributed by atoms with Crippen molar-refractivity contribution in [2.45, 2.75) is 55.3 Å². The molecule has 36 heavy (non-hydrogen) atoms. The second-order valence-electron chi connectivity index (χ2n) is 10.2. The van der Waals surface area contributed by atoms with E-state index in [9.17, 15) is 19.5 Å². The number of anilines is 1. The Morgan fingerprint density at radius 3 is 2.61 bits per heavy atom. The zero-order valence-electron chi connectivity index (χ0n) is 20.6. The topological polar surface area (TPSA) is 108 Å². The molecule has 3 N–H and O–H groups in total. The molecule has 3 aliphatic heterocycles. The lowest BCUT2D eigenvalue weighted by Crippen LogP contribution is -2.57. The number of nitrogens with zero attached hydrogens (tertiary/aromatic N) is 1. The molecular weight excluding hydrogens is 526 g/mol. The van der Waals surface area contributed by atoms with E-state index in [4.69, 9.17) is 4.74 Å². The van der Waals surface area contributed by atoms with Crippen molar-refractivity contribution in [3.63, 3.8) is 0 Å². The van der Waals surface area contributed by atoms with E-state index in [1.165, 1.54) is 4.90 Å². The number of halogens is 1. The molecule has 2 bridgehead atoms. The van der Waals surface area contributed by atoms with Crippen LogP contribution < -0.4 is 10.6 Å². The highest BCUT2D eigenvalue weighted by Crippen LogP contribution is 2.60. The van der Waals surface area contributed by atoms with Crippen LogP contribution in [0.15, 0.2) is 42.5 Å². The van der Waals surface area contributed by atoms with Gasteiger partial charge in [0.15, 0.2) is 0 Å². The first-order valence-electron chi connectivity index (χ1n) is 12.5. The van der Waals surface area contributed by atoms with E-state index in [0.717, 1.165) is 17.2 Å². The summed E-state index contributed by atoms with van der Waals surface area (Å²) in [5.41, 5.74) is -0.546. The molecule has 1 spiro atoms. The molecule has 8 nitrogen and oxygen atoms in total. The molecule has 3 aliphatic rings. The van der Waals surface area contributed by atoms with E-state index in [1.54, 1.807) is 7.05 Å². The van der Waals surface area contributed by atoms with Crippen molar-refractivity contribution in [1.29, 1.82) is 0 Å². The largest absolute Gasteiger partial charge is 0.394 e. The van der Waals surface area contributed by atoms with Crippen LogP contribution in [0.25, 0.3) is 10.8 Å². The van der Waals surface area contributed by atoms with Crippen LogP contribution in [0.5, 0.6) is 0 Å². The van der Waals surface area contributed by atoms with Gasteiger partial charge in [0.05, 0.1) is 30.6 Å². The van der Waals surface area contributed by atoms with Crippen LogP contribution >= 0.6 is 15.9 Å². The van der Waals surface area contributed by atoms with E-state index in [2.05, 4.69) is 26.6 Å². The van der Waals surface area contributed by atoms with Crippen molar-refractivity contribution in [1.82, 2.24) is 10.2 Å². The molecule has 2 aromatic carbocycles. The van der Waals surface area contributed by atoms with E-state index >= 15 is 0 Å². The normalized spacial score (nSPS) is 32.4. The summed E-state index contributed by atoms with van der Waals surface area (Å²) in [4.78, 5) is 42.3. The Balaban J connectivity index is 1.57. The molecule has 3 amide bonds. The van der Waals surface area contributed by atoms with Crippen LogP contribution in [0, 0.1) is 17.8 Å². The van der Waals surface area contributed by atoms with Gasteiger partial charge in [-0.2, -0.15) is 0 Å². The molecule has 8 atom stereocenters. The maximum absolute atomic E-state index is 14.0. The van der Waals surface area contributed by atoms with Crippen molar-refractivity contribution in [2.24, 2.45) is 17.8 Å². The minimum atomic E-state index is -1.16. The number of benzene rings is 2. The Morgan fingerprint density at radius 1 is 1.22 bits per heavy atom. The first-order chi connectivity index (χ1) is 17.3. The summed E-state index contributed by atoms with van der Waals surface area (Å²) in [5.74, 6) is -2.51. The fourth-order valence-electron chi connectivity index (χ4n) is 6.48. The molecule has 9 heteroatoms. The molecule has 0 radical (unpaired) electrons. The van der Waals surface area contributed by atoms with Gasteiger partial charge in [0.2, 0.25) is 17.7 Å². The average Bonchev–Trinajstić information content (AvgIpc) is 3.47. The molecule has 0 saturated carbocycles. The highest BCUT2D eigenvalue weighted by molar-refractivity contribution is 9.09. The predicted molar refractivity (Wildman–Crippen MR) is 140 cm³/mol. The van der Waals surface area contributed by atoms with Crippen molar-refractivity contribution >= 4 is 50.1 Å². The fraction of sp³-hybridized carbons (Fsp3) is 0.519. The van der Waals surface area contributed by atoms with Gasteiger partial charge in [-0.25, -0.2) is 0 Å². The third-order valence-corrected chi connectivity index (χ3v) is 9.23. The Kier molecular flexibility index (Phi) is 6.59. The standard InChI is InChI=1S/C27H32BrN3O5/c1-4-14(2)19(13-32)31-23(25(34)30-17-10-9-15-7-5-6-8-16(15)11-17)27-12-18(28)22(36-27)20(24(33)29-3)21(27)26(31)35/h5-11,14,18-23,32H,4,12-13H2,1-3H3,(H,29,33)(H,30,34)/t14-,18?,19-,20-,21-,22-,23?,27?/m0/s1. The molecule has 3 fully saturated rings. The van der Waals surface area contributed by atoms with Gasteiger partial charge in [0.25, 0.3) is 0 Å². The van der Waals surface area contributed by atoms with Crippen LogP contribution in [0.4, 0.5) is 5.69 Å². The fourth-order valence-corrected chi connectivity index (χ4v) is 7.43. The summed E-state index contributed by atoms with van der Waals surface area (Å²) < 4.78 is 6.47. The SMILES string of the molecule is CC[C@H](C)[C@H](CO)N1C(=O)[C@@H]2[C@H](C(=O)NC)[C@H]3OC2(CC3Br)C1C(=O)Nc1ccc2ccccc2c1. The number of aliphatic hydroxyl groups excluding tert-OH is 1. The predicted octanol–water partition coefficient (Wildman–Crippen LogP) is 2.68. The summed E-state index contributed by atoms with van der Waals surface area (Å²) in [6.07, 6.45) is 0.634. The minimum Gasteiger partial charge on any atom is -0.394 e. The third-order valence-electron chi connectivity index (χ3n) is 8.39. The lowest BCUT2D eigenvalue weighted by molar-refractivity contribution is -0.145. The molecule has 2 aromatic rings. The number of carbonyl (C=O) groups excluding carboxylic acids is 3. The van der Waals surface area contributed by atoms with Crippen molar-refractivity contribution in [3.8, 4) is 0 Å². The summed E-state index contributed by atoms with van der Waals surface area (Å²) >= 11 is 3.66. The number of rotatable bonds is 7. The molecule has 3 unspecified atom stereocenters. The van der Waals surface area contributed by atoms with E-state index < -0.39 is 35.6 Å². The Hall–Kier alpha value is -2.49. The maximum atomic E-state index is 14.0. The molecule has 0 aromatic heterocycles. The van der Waals surface area contributed by atoms with Crippen LogP contribution in [-0.2, 0) is 19.1 Å². The lowest BCUT2D eigenvalue weighted by Gasteiger charge is -2.38. The number of fused-ring (bicyclic) bond motifs is 2. The van der Waals surface area contributed by atoms with Gasteiger partial charge in [-0.05, 0) is 35.2 Å². The van der Waals surface area contributed by atoms with Gasteiger partial charge in [-0.1, -0.05) is 66.5 Å². The van der Waals surface area contributed by atoms with Crippen LogP contribution in [-0.4, -0.2) is 70.0 Å². The number of hydrogen-bond donors (Lipinski definition) is 3. The zero-order valence-corrected chi connectivity index (χ0v) is 22.2.